The standard InChI is InChI=1S/C16H16N4O2/c1-22-13-6-4-5-12(11-13)17-16(21)9-10-20-15-8-3-2-7-14(15)18-19-20/h2-8,11H,9-10H2,1H3,(H,17,21). The summed E-state index contributed by atoms with van der Waals surface area (Å²) in [7, 11) is 1.59. The summed E-state index contributed by atoms with van der Waals surface area (Å²) < 4.78 is 6.87. The largest absolute Gasteiger partial charge is 0.497 e. The van der Waals surface area contributed by atoms with Crippen molar-refractivity contribution in [2.45, 2.75) is 13.0 Å². The van der Waals surface area contributed by atoms with Crippen molar-refractivity contribution in [2.75, 3.05) is 12.4 Å². The van der Waals surface area contributed by atoms with Gasteiger partial charge in [0, 0.05) is 18.2 Å². The number of ether oxygens (including phenoxy) is 1. The summed E-state index contributed by atoms with van der Waals surface area (Å²) >= 11 is 0. The van der Waals surface area contributed by atoms with Gasteiger partial charge in [0.05, 0.1) is 19.2 Å². The van der Waals surface area contributed by atoms with E-state index in [1.54, 1.807) is 17.9 Å². The SMILES string of the molecule is COc1cccc(NC(=O)CCn2nnc3ccccc32)c1. The molecular formula is C16H16N4O2. The van der Waals surface area contributed by atoms with Gasteiger partial charge in [-0.2, -0.15) is 0 Å². The van der Waals surface area contributed by atoms with E-state index in [2.05, 4.69) is 15.6 Å². The quantitative estimate of drug-likeness (QED) is 0.785. The number of amides is 1. The van der Waals surface area contributed by atoms with E-state index < -0.39 is 0 Å². The first-order valence-electron chi connectivity index (χ1n) is 6.98. The summed E-state index contributed by atoms with van der Waals surface area (Å²) in [5, 5.41) is 11.0. The molecule has 22 heavy (non-hydrogen) atoms. The number of benzene rings is 2. The van der Waals surface area contributed by atoms with Crippen LogP contribution < -0.4 is 10.1 Å². The minimum atomic E-state index is -0.0761. The zero-order chi connectivity index (χ0) is 15.4. The van der Waals surface area contributed by atoms with Crippen LogP contribution in [0.15, 0.2) is 48.5 Å². The summed E-state index contributed by atoms with van der Waals surface area (Å²) in [5.41, 5.74) is 2.47. The minimum absolute atomic E-state index is 0.0761. The Labute approximate surface area is 127 Å². The first kappa shape index (κ1) is 14.1. The van der Waals surface area contributed by atoms with Crippen LogP contribution in [0.2, 0.25) is 0 Å². The van der Waals surface area contributed by atoms with Crippen LogP contribution in [0.1, 0.15) is 6.42 Å². The third-order valence-electron chi connectivity index (χ3n) is 3.32. The molecule has 1 N–H and O–H groups in total. The Morgan fingerprint density at radius 3 is 2.95 bits per heavy atom. The highest BCUT2D eigenvalue weighted by Gasteiger charge is 2.07. The van der Waals surface area contributed by atoms with Crippen LogP contribution in [0.5, 0.6) is 5.75 Å². The molecule has 6 nitrogen and oxygen atoms in total. The monoisotopic (exact) mass is 296 g/mol. The smallest absolute Gasteiger partial charge is 0.226 e. The molecule has 3 aromatic rings. The number of methoxy groups -OCH3 is 1. The van der Waals surface area contributed by atoms with Crippen molar-refractivity contribution in [1.29, 1.82) is 0 Å². The van der Waals surface area contributed by atoms with Gasteiger partial charge in [0.25, 0.3) is 0 Å². The maximum absolute atomic E-state index is 12.0. The molecule has 0 fully saturated rings. The van der Waals surface area contributed by atoms with E-state index in [1.807, 2.05) is 42.5 Å². The van der Waals surface area contributed by atoms with Crippen LogP contribution >= 0.6 is 0 Å². The summed E-state index contributed by atoms with van der Waals surface area (Å²) in [4.78, 5) is 12.0. The predicted octanol–water partition coefficient (Wildman–Crippen LogP) is 2.47. The van der Waals surface area contributed by atoms with Crippen molar-refractivity contribution in [2.24, 2.45) is 0 Å². The van der Waals surface area contributed by atoms with Gasteiger partial charge in [0.2, 0.25) is 5.91 Å². The Kier molecular flexibility index (Phi) is 4.00. The maximum atomic E-state index is 12.0. The van der Waals surface area contributed by atoms with Crippen LogP contribution in [-0.4, -0.2) is 28.0 Å². The molecule has 0 atom stereocenters. The van der Waals surface area contributed by atoms with E-state index in [9.17, 15) is 4.79 Å². The molecule has 1 amide bonds. The third kappa shape index (κ3) is 3.06. The number of para-hydroxylation sites is 1. The number of hydrogen-bond acceptors (Lipinski definition) is 4. The number of carbonyl (C=O) groups excluding carboxylic acids is 1. The normalized spacial score (nSPS) is 10.6. The van der Waals surface area contributed by atoms with Gasteiger partial charge in [-0.1, -0.05) is 23.4 Å². The number of hydrogen-bond donors (Lipinski definition) is 1. The number of fused-ring (bicyclic) bond motifs is 1. The average Bonchev–Trinajstić information content (AvgIpc) is 2.96. The molecule has 0 bridgehead atoms. The number of anilines is 1. The fraction of sp³-hybridized carbons (Fsp3) is 0.188. The Morgan fingerprint density at radius 2 is 2.09 bits per heavy atom. The van der Waals surface area contributed by atoms with E-state index >= 15 is 0 Å². The van der Waals surface area contributed by atoms with E-state index in [0.717, 1.165) is 11.0 Å². The summed E-state index contributed by atoms with van der Waals surface area (Å²) in [6.07, 6.45) is 0.324. The molecule has 1 heterocycles. The molecule has 0 spiro atoms. The molecule has 2 aromatic carbocycles. The average molecular weight is 296 g/mol. The van der Waals surface area contributed by atoms with Crippen LogP contribution in [0, 0.1) is 0 Å². The molecule has 0 saturated heterocycles. The fourth-order valence-corrected chi connectivity index (χ4v) is 2.21. The number of aryl methyl sites for hydroxylation is 1. The lowest BCUT2D eigenvalue weighted by molar-refractivity contribution is -0.116. The van der Waals surface area contributed by atoms with E-state index in [1.165, 1.54) is 0 Å². The van der Waals surface area contributed by atoms with Gasteiger partial charge >= 0.3 is 0 Å². The third-order valence-corrected chi connectivity index (χ3v) is 3.32. The van der Waals surface area contributed by atoms with Crippen LogP contribution in [-0.2, 0) is 11.3 Å². The Hall–Kier alpha value is -2.89. The van der Waals surface area contributed by atoms with Crippen LogP contribution in [0.4, 0.5) is 5.69 Å². The first-order valence-corrected chi connectivity index (χ1v) is 6.98. The second-order valence-corrected chi connectivity index (χ2v) is 4.83. The zero-order valence-electron chi connectivity index (χ0n) is 12.2. The maximum Gasteiger partial charge on any atom is 0.226 e. The fourth-order valence-electron chi connectivity index (χ4n) is 2.21. The van der Waals surface area contributed by atoms with Crippen molar-refractivity contribution in [3.63, 3.8) is 0 Å². The Balaban J connectivity index is 1.62. The van der Waals surface area contributed by atoms with E-state index in [0.29, 0.717) is 24.4 Å². The lowest BCUT2D eigenvalue weighted by Gasteiger charge is -2.07. The van der Waals surface area contributed by atoms with Gasteiger partial charge in [0.15, 0.2) is 0 Å². The van der Waals surface area contributed by atoms with Crippen molar-refractivity contribution in [1.82, 2.24) is 15.0 Å². The molecule has 0 saturated carbocycles. The Bertz CT molecular complexity index is 797. The molecule has 1 aromatic heterocycles. The van der Waals surface area contributed by atoms with Gasteiger partial charge in [-0.15, -0.1) is 5.10 Å². The molecule has 0 aliphatic carbocycles. The van der Waals surface area contributed by atoms with Gasteiger partial charge in [-0.05, 0) is 24.3 Å². The molecule has 0 aliphatic rings. The molecular weight excluding hydrogens is 280 g/mol. The summed E-state index contributed by atoms with van der Waals surface area (Å²) in [6.45, 7) is 0.482. The number of aromatic nitrogens is 3. The van der Waals surface area contributed by atoms with E-state index in [-0.39, 0.29) is 5.91 Å². The summed E-state index contributed by atoms with van der Waals surface area (Å²) in [5.74, 6) is 0.632. The predicted molar refractivity (Wildman–Crippen MR) is 83.8 cm³/mol. The molecule has 3 rings (SSSR count). The highest BCUT2D eigenvalue weighted by molar-refractivity contribution is 5.90. The molecule has 0 radical (unpaired) electrons. The van der Waals surface area contributed by atoms with Gasteiger partial charge in [0.1, 0.15) is 11.3 Å². The minimum Gasteiger partial charge on any atom is -0.497 e. The topological polar surface area (TPSA) is 69.0 Å². The second kappa shape index (κ2) is 6.26. The molecule has 0 unspecified atom stereocenters. The lowest BCUT2D eigenvalue weighted by atomic mass is 10.3. The highest BCUT2D eigenvalue weighted by atomic mass is 16.5. The van der Waals surface area contributed by atoms with E-state index in [4.69, 9.17) is 4.74 Å². The number of rotatable bonds is 5. The molecule has 0 aliphatic heterocycles. The number of nitrogens with one attached hydrogen (secondary N) is 1. The summed E-state index contributed by atoms with van der Waals surface area (Å²) in [6, 6.07) is 14.9. The second-order valence-electron chi connectivity index (χ2n) is 4.83. The van der Waals surface area contributed by atoms with Crippen molar-refractivity contribution in [3.8, 4) is 5.75 Å². The first-order chi connectivity index (χ1) is 10.8. The number of carbonyl (C=O) groups is 1. The van der Waals surface area contributed by atoms with Gasteiger partial charge in [-0.3, -0.25) is 4.79 Å². The molecule has 112 valence electrons. The van der Waals surface area contributed by atoms with Gasteiger partial charge in [-0.25, -0.2) is 4.68 Å². The van der Waals surface area contributed by atoms with Crippen molar-refractivity contribution in [3.05, 3.63) is 48.5 Å². The Morgan fingerprint density at radius 1 is 1.23 bits per heavy atom. The van der Waals surface area contributed by atoms with Crippen LogP contribution in [0.3, 0.4) is 0 Å². The zero-order valence-corrected chi connectivity index (χ0v) is 12.2. The van der Waals surface area contributed by atoms with Crippen molar-refractivity contribution >= 4 is 22.6 Å². The molecule has 6 heteroatoms. The van der Waals surface area contributed by atoms with Crippen molar-refractivity contribution < 1.29 is 9.53 Å². The lowest BCUT2D eigenvalue weighted by Crippen LogP contribution is -2.15. The van der Waals surface area contributed by atoms with Gasteiger partial charge < -0.3 is 10.1 Å². The highest BCUT2D eigenvalue weighted by Crippen LogP contribution is 2.17. The van der Waals surface area contributed by atoms with Crippen LogP contribution in [0.25, 0.3) is 11.0 Å². The number of nitrogens with zero attached hydrogens (tertiary/aromatic N) is 3.